The molecule has 0 aromatic carbocycles. The van der Waals surface area contributed by atoms with E-state index in [4.69, 9.17) is 5.73 Å². The van der Waals surface area contributed by atoms with E-state index in [2.05, 4.69) is 40.4 Å². The molecular weight excluding hydrogens is 248 g/mol. The summed E-state index contributed by atoms with van der Waals surface area (Å²) < 4.78 is 4.50. The third-order valence-electron chi connectivity index (χ3n) is 4.26. The summed E-state index contributed by atoms with van der Waals surface area (Å²) in [5.41, 5.74) is 10.3. The van der Waals surface area contributed by atoms with Crippen LogP contribution < -0.4 is 5.73 Å². The molecule has 1 unspecified atom stereocenters. The largest absolute Gasteiger partial charge is 0.348 e. The lowest BCUT2D eigenvalue weighted by molar-refractivity contribution is 0.559. The number of hydrogen-bond acceptors (Lipinski definition) is 2. The molecule has 0 radical (unpaired) electrons. The molecule has 1 aliphatic rings. The van der Waals surface area contributed by atoms with Gasteiger partial charge >= 0.3 is 0 Å². The molecule has 0 spiro atoms. The van der Waals surface area contributed by atoms with Gasteiger partial charge in [-0.3, -0.25) is 0 Å². The monoisotopic (exact) mass is 272 g/mol. The molecule has 0 saturated heterocycles. The summed E-state index contributed by atoms with van der Waals surface area (Å²) in [5, 5.41) is 0. The Morgan fingerprint density at radius 3 is 3.00 bits per heavy atom. The van der Waals surface area contributed by atoms with E-state index in [0.29, 0.717) is 6.04 Å². The Hall–Kier alpha value is -1.55. The highest BCUT2D eigenvalue weighted by Crippen LogP contribution is 2.28. The van der Waals surface area contributed by atoms with Crippen LogP contribution in [0.3, 0.4) is 0 Å². The van der Waals surface area contributed by atoms with Gasteiger partial charge in [0.15, 0.2) is 0 Å². The second-order valence-corrected chi connectivity index (χ2v) is 6.15. The van der Waals surface area contributed by atoms with E-state index < -0.39 is 0 Å². The van der Waals surface area contributed by atoms with Crippen molar-refractivity contribution in [3.05, 3.63) is 41.7 Å². The Morgan fingerprint density at radius 1 is 1.35 bits per heavy atom. The first-order chi connectivity index (χ1) is 9.65. The van der Waals surface area contributed by atoms with Crippen molar-refractivity contribution in [2.24, 2.45) is 5.73 Å². The number of nitrogens with zero attached hydrogens (tertiary/aromatic N) is 3. The second kappa shape index (κ2) is 5.44. The minimum atomic E-state index is 0.212. The fourth-order valence-corrected chi connectivity index (χ4v) is 3.15. The fourth-order valence-electron chi connectivity index (χ4n) is 3.15. The summed E-state index contributed by atoms with van der Waals surface area (Å²) in [5.74, 6) is 0. The number of nitrogens with two attached hydrogens (primary N) is 1. The van der Waals surface area contributed by atoms with Crippen molar-refractivity contribution in [3.63, 3.8) is 0 Å². The Bertz CT molecular complexity index is 579. The normalized spacial score (nSPS) is 19.1. The number of hydrogen-bond donors (Lipinski definition) is 1. The second-order valence-electron chi connectivity index (χ2n) is 6.15. The van der Waals surface area contributed by atoms with Crippen LogP contribution in [0.1, 0.15) is 62.0 Å². The Kier molecular flexibility index (Phi) is 3.66. The zero-order valence-corrected chi connectivity index (χ0v) is 12.4. The maximum Gasteiger partial charge on any atom is 0.0951 e. The molecule has 0 aliphatic heterocycles. The van der Waals surface area contributed by atoms with Crippen LogP contribution in [0.15, 0.2) is 24.9 Å². The molecule has 2 N–H and O–H groups in total. The van der Waals surface area contributed by atoms with Crippen LogP contribution in [-0.4, -0.2) is 14.1 Å². The number of imidazole rings is 1. The van der Waals surface area contributed by atoms with Crippen molar-refractivity contribution >= 4 is 0 Å². The van der Waals surface area contributed by atoms with Crippen molar-refractivity contribution < 1.29 is 0 Å². The maximum atomic E-state index is 6.28. The summed E-state index contributed by atoms with van der Waals surface area (Å²) in [6, 6.07) is 0.659. The predicted octanol–water partition coefficient (Wildman–Crippen LogP) is 3.04. The van der Waals surface area contributed by atoms with Gasteiger partial charge < -0.3 is 14.9 Å². The van der Waals surface area contributed by atoms with Crippen molar-refractivity contribution in [3.8, 4) is 0 Å². The average Bonchev–Trinajstić information content (AvgIpc) is 2.98. The summed E-state index contributed by atoms with van der Waals surface area (Å²) in [4.78, 5) is 4.28. The summed E-state index contributed by atoms with van der Waals surface area (Å²) in [6.07, 6.45) is 13.2. The molecule has 4 nitrogen and oxygen atoms in total. The minimum Gasteiger partial charge on any atom is -0.348 e. The van der Waals surface area contributed by atoms with E-state index in [1.54, 1.807) is 0 Å². The van der Waals surface area contributed by atoms with E-state index in [1.165, 1.54) is 36.1 Å². The Morgan fingerprint density at radius 2 is 2.20 bits per heavy atom. The minimum absolute atomic E-state index is 0.212. The third-order valence-corrected chi connectivity index (χ3v) is 4.26. The summed E-state index contributed by atoms with van der Waals surface area (Å²) in [6.45, 7) is 5.25. The van der Waals surface area contributed by atoms with Gasteiger partial charge in [0.1, 0.15) is 0 Å². The molecule has 1 aliphatic carbocycles. The van der Waals surface area contributed by atoms with Gasteiger partial charge in [-0.05, 0) is 44.2 Å². The van der Waals surface area contributed by atoms with Gasteiger partial charge in [0, 0.05) is 30.7 Å². The lowest BCUT2D eigenvalue weighted by Gasteiger charge is -2.12. The SMILES string of the molecule is CC(C)n1cncc1Cn1cc2c(c1)C(N)CCCC2. The third kappa shape index (κ3) is 2.52. The first kappa shape index (κ1) is 13.4. The number of aromatic nitrogens is 3. The molecule has 2 aromatic rings. The van der Waals surface area contributed by atoms with Gasteiger partial charge in [0.25, 0.3) is 0 Å². The summed E-state index contributed by atoms with van der Waals surface area (Å²) >= 11 is 0. The standard InChI is InChI=1S/C16H24N4/c1-12(2)20-11-18-7-14(20)9-19-8-13-5-3-4-6-16(17)15(13)10-19/h7-8,10-12,16H,3-6,9,17H2,1-2H3. The molecule has 20 heavy (non-hydrogen) atoms. The molecule has 108 valence electrons. The Balaban J connectivity index is 1.85. The Labute approximate surface area is 120 Å². The molecule has 0 amide bonds. The van der Waals surface area contributed by atoms with Gasteiger partial charge in [-0.15, -0.1) is 0 Å². The predicted molar refractivity (Wildman–Crippen MR) is 80.6 cm³/mol. The van der Waals surface area contributed by atoms with Crippen LogP contribution in [0, 0.1) is 0 Å². The first-order valence-electron chi connectivity index (χ1n) is 7.60. The number of aryl methyl sites for hydroxylation is 1. The summed E-state index contributed by atoms with van der Waals surface area (Å²) in [7, 11) is 0. The van der Waals surface area contributed by atoms with Crippen molar-refractivity contribution in [1.82, 2.24) is 14.1 Å². The van der Waals surface area contributed by atoms with E-state index in [0.717, 1.165) is 13.0 Å². The van der Waals surface area contributed by atoms with Crippen molar-refractivity contribution in [1.29, 1.82) is 0 Å². The van der Waals surface area contributed by atoms with Gasteiger partial charge in [0.05, 0.1) is 18.6 Å². The molecule has 1 atom stereocenters. The van der Waals surface area contributed by atoms with Crippen LogP contribution in [0.2, 0.25) is 0 Å². The van der Waals surface area contributed by atoms with Gasteiger partial charge in [-0.2, -0.15) is 0 Å². The van der Waals surface area contributed by atoms with E-state index >= 15 is 0 Å². The molecule has 0 saturated carbocycles. The van der Waals surface area contributed by atoms with Crippen molar-refractivity contribution in [2.45, 2.75) is 58.2 Å². The first-order valence-corrected chi connectivity index (χ1v) is 7.60. The van der Waals surface area contributed by atoms with Crippen LogP contribution in [0.4, 0.5) is 0 Å². The average molecular weight is 272 g/mol. The maximum absolute atomic E-state index is 6.28. The molecule has 0 fully saturated rings. The molecule has 2 heterocycles. The van der Waals surface area contributed by atoms with Crippen molar-refractivity contribution in [2.75, 3.05) is 0 Å². The van der Waals surface area contributed by atoms with Crippen LogP contribution in [0.5, 0.6) is 0 Å². The zero-order chi connectivity index (χ0) is 14.1. The number of rotatable bonds is 3. The molecule has 2 aromatic heterocycles. The molecule has 3 rings (SSSR count). The van der Waals surface area contributed by atoms with Crippen LogP contribution in [-0.2, 0) is 13.0 Å². The van der Waals surface area contributed by atoms with Gasteiger partial charge in [-0.1, -0.05) is 6.42 Å². The van der Waals surface area contributed by atoms with Crippen LogP contribution in [0.25, 0.3) is 0 Å². The van der Waals surface area contributed by atoms with Crippen LogP contribution >= 0.6 is 0 Å². The molecule has 4 heteroatoms. The number of fused-ring (bicyclic) bond motifs is 1. The lowest BCUT2D eigenvalue weighted by atomic mass is 10.1. The van der Waals surface area contributed by atoms with Gasteiger partial charge in [0.2, 0.25) is 0 Å². The fraction of sp³-hybridized carbons (Fsp3) is 0.562. The molecular formula is C16H24N4. The highest BCUT2D eigenvalue weighted by Gasteiger charge is 2.17. The highest BCUT2D eigenvalue weighted by atomic mass is 15.1. The van der Waals surface area contributed by atoms with E-state index in [1.807, 2.05) is 12.5 Å². The molecule has 0 bridgehead atoms. The van der Waals surface area contributed by atoms with Gasteiger partial charge in [-0.25, -0.2) is 4.98 Å². The highest BCUT2D eigenvalue weighted by molar-refractivity contribution is 5.29. The van der Waals surface area contributed by atoms with E-state index in [9.17, 15) is 0 Å². The zero-order valence-electron chi connectivity index (χ0n) is 12.4. The van der Waals surface area contributed by atoms with E-state index in [-0.39, 0.29) is 6.04 Å². The quantitative estimate of drug-likeness (QED) is 0.873. The smallest absolute Gasteiger partial charge is 0.0951 e. The lowest BCUT2D eigenvalue weighted by Crippen LogP contribution is -2.10. The topological polar surface area (TPSA) is 48.8 Å².